The second kappa shape index (κ2) is 11.1. The molecule has 1 N–H and O–H groups in total. The third kappa shape index (κ3) is 5.65. The lowest BCUT2D eigenvalue weighted by Gasteiger charge is -2.28. The maximum Gasteiger partial charge on any atom is 0.302 e. The molecule has 0 spiro atoms. The van der Waals surface area contributed by atoms with Crippen molar-refractivity contribution in [1.82, 2.24) is 9.99 Å². The zero-order valence-electron chi connectivity index (χ0n) is 19.7. The standard InChI is InChI=1S/C25H26N4O5S/c1-4-22-23(17-7-10-19(32-2)20(13-17)33-3)28-29(25(31)35-22)12-11-16-5-8-18(9-6-16)27-24(30)21-14-26-15-34-21/h5-10,13-15,22H,4,11-12H2,1-3H3,(H,27,30). The van der Waals surface area contributed by atoms with Gasteiger partial charge in [0.15, 0.2) is 17.9 Å². The van der Waals surface area contributed by atoms with Gasteiger partial charge in [-0.05, 0) is 48.7 Å². The summed E-state index contributed by atoms with van der Waals surface area (Å²) in [7, 11) is 3.19. The van der Waals surface area contributed by atoms with Crippen LogP contribution in [-0.4, -0.2) is 52.9 Å². The Morgan fingerprint density at radius 2 is 1.91 bits per heavy atom. The number of carbonyl (C=O) groups is 2. The molecule has 0 radical (unpaired) electrons. The van der Waals surface area contributed by atoms with Crippen LogP contribution in [0.1, 0.15) is 35.0 Å². The summed E-state index contributed by atoms with van der Waals surface area (Å²) in [4.78, 5) is 28.6. The van der Waals surface area contributed by atoms with Crippen LogP contribution in [-0.2, 0) is 6.42 Å². The Kier molecular flexibility index (Phi) is 7.71. The van der Waals surface area contributed by atoms with E-state index in [-0.39, 0.29) is 22.2 Å². The molecule has 0 saturated carbocycles. The number of carbonyl (C=O) groups excluding carboxylic acids is 2. The first kappa shape index (κ1) is 24.3. The molecule has 1 unspecified atom stereocenters. The molecule has 1 aliphatic heterocycles. The number of ether oxygens (including phenoxy) is 2. The molecule has 0 bridgehead atoms. The second-order valence-electron chi connectivity index (χ2n) is 7.73. The number of thioether (sulfide) groups is 1. The predicted molar refractivity (Wildman–Crippen MR) is 134 cm³/mol. The summed E-state index contributed by atoms with van der Waals surface area (Å²) in [5, 5.41) is 8.89. The third-order valence-electron chi connectivity index (χ3n) is 5.52. The smallest absolute Gasteiger partial charge is 0.302 e. The zero-order valence-corrected chi connectivity index (χ0v) is 20.5. The third-order valence-corrected chi connectivity index (χ3v) is 6.77. The van der Waals surface area contributed by atoms with Gasteiger partial charge >= 0.3 is 5.24 Å². The van der Waals surface area contributed by atoms with Crippen LogP contribution in [0.3, 0.4) is 0 Å². The van der Waals surface area contributed by atoms with E-state index in [9.17, 15) is 9.59 Å². The molecule has 2 amide bonds. The second-order valence-corrected chi connectivity index (χ2v) is 8.88. The molecular formula is C25H26N4O5S. The summed E-state index contributed by atoms with van der Waals surface area (Å²) in [6, 6.07) is 13.1. The Morgan fingerprint density at radius 1 is 1.14 bits per heavy atom. The first-order valence-electron chi connectivity index (χ1n) is 11.1. The largest absolute Gasteiger partial charge is 0.493 e. The monoisotopic (exact) mass is 494 g/mol. The normalized spacial score (nSPS) is 15.5. The molecule has 1 aliphatic rings. The fourth-order valence-electron chi connectivity index (χ4n) is 3.64. The highest BCUT2D eigenvalue weighted by molar-refractivity contribution is 8.14. The molecule has 10 heteroatoms. The molecule has 2 aromatic carbocycles. The fraction of sp³-hybridized carbons (Fsp3) is 0.280. The zero-order chi connectivity index (χ0) is 24.8. The molecule has 0 fully saturated rings. The van der Waals surface area contributed by atoms with Crippen molar-refractivity contribution in [2.45, 2.75) is 25.0 Å². The molecule has 0 aliphatic carbocycles. The lowest BCUT2D eigenvalue weighted by Crippen LogP contribution is -2.36. The molecule has 4 rings (SSSR count). The highest BCUT2D eigenvalue weighted by Gasteiger charge is 2.30. The van der Waals surface area contributed by atoms with Crippen molar-refractivity contribution in [3.8, 4) is 11.5 Å². The van der Waals surface area contributed by atoms with E-state index in [4.69, 9.17) is 19.0 Å². The van der Waals surface area contributed by atoms with Crippen LogP contribution in [0.4, 0.5) is 10.5 Å². The lowest BCUT2D eigenvalue weighted by atomic mass is 10.0. The number of benzene rings is 2. The van der Waals surface area contributed by atoms with Crippen molar-refractivity contribution < 1.29 is 23.5 Å². The summed E-state index contributed by atoms with van der Waals surface area (Å²) >= 11 is 1.29. The molecule has 1 atom stereocenters. The Morgan fingerprint density at radius 3 is 2.57 bits per heavy atom. The Labute approximate surface area is 207 Å². The Hall–Kier alpha value is -3.79. The number of hydrazone groups is 1. The number of nitrogens with zero attached hydrogens (tertiary/aromatic N) is 3. The van der Waals surface area contributed by atoms with Crippen LogP contribution in [0, 0.1) is 0 Å². The summed E-state index contributed by atoms with van der Waals surface area (Å²) in [6.45, 7) is 2.47. The minimum atomic E-state index is -0.367. The van der Waals surface area contributed by atoms with Crippen LogP contribution in [0.5, 0.6) is 11.5 Å². The first-order valence-corrected chi connectivity index (χ1v) is 12.0. The summed E-state index contributed by atoms with van der Waals surface area (Å²) in [5.74, 6) is 1.03. The number of oxazole rings is 1. The maximum absolute atomic E-state index is 12.7. The number of anilines is 1. The Balaban J connectivity index is 1.45. The SMILES string of the molecule is CCC1SC(=O)N(CCc2ccc(NC(=O)c3cnco3)cc2)N=C1c1ccc(OC)c(OC)c1. The molecule has 2 heterocycles. The van der Waals surface area contributed by atoms with Gasteiger partial charge in [-0.1, -0.05) is 30.8 Å². The van der Waals surface area contributed by atoms with Crippen molar-refractivity contribution in [3.63, 3.8) is 0 Å². The van der Waals surface area contributed by atoms with Crippen LogP contribution in [0.2, 0.25) is 0 Å². The Bertz CT molecular complexity index is 1210. The van der Waals surface area contributed by atoms with E-state index in [1.165, 1.54) is 29.4 Å². The molecule has 3 aromatic rings. The van der Waals surface area contributed by atoms with Crippen LogP contribution in [0.15, 0.2) is 64.6 Å². The number of methoxy groups -OCH3 is 2. The number of aromatic nitrogens is 1. The van der Waals surface area contributed by atoms with Crippen molar-refractivity contribution in [2.75, 3.05) is 26.1 Å². The number of rotatable bonds is 9. The molecule has 0 saturated heterocycles. The minimum absolute atomic E-state index is 0.0379. The average Bonchev–Trinajstić information content (AvgIpc) is 3.43. The molecule has 1 aromatic heterocycles. The summed E-state index contributed by atoms with van der Waals surface area (Å²) < 4.78 is 15.8. The van der Waals surface area contributed by atoms with E-state index in [1.807, 2.05) is 49.4 Å². The van der Waals surface area contributed by atoms with Gasteiger partial charge in [0.05, 0.1) is 31.4 Å². The van der Waals surface area contributed by atoms with Gasteiger partial charge in [-0.2, -0.15) is 5.10 Å². The van der Waals surface area contributed by atoms with Gasteiger partial charge in [0, 0.05) is 17.8 Å². The van der Waals surface area contributed by atoms with E-state index >= 15 is 0 Å². The lowest BCUT2D eigenvalue weighted by molar-refractivity contribution is 0.0996. The van der Waals surface area contributed by atoms with E-state index in [2.05, 4.69) is 10.3 Å². The molecule has 182 valence electrons. The minimum Gasteiger partial charge on any atom is -0.493 e. The number of amides is 2. The molecular weight excluding hydrogens is 468 g/mol. The molecule has 9 nitrogen and oxygen atoms in total. The highest BCUT2D eigenvalue weighted by Crippen LogP contribution is 2.33. The van der Waals surface area contributed by atoms with Crippen molar-refractivity contribution >= 4 is 34.3 Å². The van der Waals surface area contributed by atoms with Gasteiger partial charge in [-0.3, -0.25) is 9.59 Å². The van der Waals surface area contributed by atoms with E-state index in [1.54, 1.807) is 14.2 Å². The van der Waals surface area contributed by atoms with Crippen LogP contribution >= 0.6 is 11.8 Å². The van der Waals surface area contributed by atoms with Crippen LogP contribution in [0.25, 0.3) is 0 Å². The van der Waals surface area contributed by atoms with Gasteiger partial charge in [0.1, 0.15) is 0 Å². The van der Waals surface area contributed by atoms with Gasteiger partial charge in [-0.25, -0.2) is 9.99 Å². The summed E-state index contributed by atoms with van der Waals surface area (Å²) in [5.41, 5.74) is 3.38. The van der Waals surface area contributed by atoms with Gasteiger partial charge in [0.25, 0.3) is 5.91 Å². The quantitative estimate of drug-likeness (QED) is 0.454. The van der Waals surface area contributed by atoms with E-state index in [0.717, 1.165) is 23.3 Å². The predicted octanol–water partition coefficient (Wildman–Crippen LogP) is 4.84. The van der Waals surface area contributed by atoms with Gasteiger partial charge < -0.3 is 19.2 Å². The molecule has 35 heavy (non-hydrogen) atoms. The number of nitrogens with one attached hydrogen (secondary N) is 1. The van der Waals surface area contributed by atoms with E-state index < -0.39 is 0 Å². The van der Waals surface area contributed by atoms with Gasteiger partial charge in [-0.15, -0.1) is 0 Å². The van der Waals surface area contributed by atoms with Crippen molar-refractivity contribution in [2.24, 2.45) is 5.10 Å². The topological polar surface area (TPSA) is 106 Å². The summed E-state index contributed by atoms with van der Waals surface area (Å²) in [6.07, 6.45) is 3.96. The van der Waals surface area contributed by atoms with Crippen molar-refractivity contribution in [1.29, 1.82) is 0 Å². The fourth-order valence-corrected chi connectivity index (χ4v) is 4.60. The number of hydrogen-bond acceptors (Lipinski definition) is 8. The van der Waals surface area contributed by atoms with E-state index in [0.29, 0.717) is 30.2 Å². The first-order chi connectivity index (χ1) is 17.0. The average molecular weight is 495 g/mol. The van der Waals surface area contributed by atoms with Crippen molar-refractivity contribution in [3.05, 3.63) is 71.9 Å². The maximum atomic E-state index is 12.7. The number of hydrogen-bond donors (Lipinski definition) is 1. The highest BCUT2D eigenvalue weighted by atomic mass is 32.2. The van der Waals surface area contributed by atoms with Gasteiger partial charge in [0.2, 0.25) is 5.76 Å². The van der Waals surface area contributed by atoms with Crippen LogP contribution < -0.4 is 14.8 Å².